The molecule has 0 bridgehead atoms. The Morgan fingerprint density at radius 3 is 1.20 bits per heavy atom. The van der Waals surface area contributed by atoms with Crippen LogP contribution in [0.25, 0.3) is 0 Å². The van der Waals surface area contributed by atoms with E-state index in [2.05, 4.69) is 19.1 Å². The van der Waals surface area contributed by atoms with Gasteiger partial charge in [-0.15, -0.1) is 0 Å². The van der Waals surface area contributed by atoms with E-state index < -0.39 is 5.41 Å². The molecule has 0 heterocycles. The maximum absolute atomic E-state index is 8.66. The van der Waals surface area contributed by atoms with E-state index in [1.807, 2.05) is 25.1 Å². The molecule has 0 atom stereocenters. The third-order valence-corrected chi connectivity index (χ3v) is 2.70. The highest BCUT2D eigenvalue weighted by Gasteiger charge is 2.24. The summed E-state index contributed by atoms with van der Waals surface area (Å²) in [4.78, 5) is 25.0. The van der Waals surface area contributed by atoms with E-state index in [0.29, 0.717) is 6.42 Å². The predicted molar refractivity (Wildman–Crippen MR) is 90.4 cm³/mol. The number of hydrogen-bond donors (Lipinski definition) is 6. The largest absolute Gasteiger partial charge is 0.396 e. The van der Waals surface area contributed by atoms with E-state index in [4.69, 9.17) is 45.9 Å². The van der Waals surface area contributed by atoms with Gasteiger partial charge in [0.15, 0.2) is 0 Å². The molecule has 0 amide bonds. The van der Waals surface area contributed by atoms with Crippen molar-refractivity contribution < 1.29 is 29.7 Å². The van der Waals surface area contributed by atoms with Crippen LogP contribution in [0.3, 0.4) is 0 Å². The second-order valence-corrected chi connectivity index (χ2v) is 4.29. The van der Waals surface area contributed by atoms with Gasteiger partial charge in [0.05, 0.1) is 19.8 Å². The molecule has 0 fully saturated rings. The van der Waals surface area contributed by atoms with E-state index in [1.165, 1.54) is 5.56 Å². The lowest BCUT2D eigenvalue weighted by Gasteiger charge is -2.24. The van der Waals surface area contributed by atoms with Gasteiger partial charge in [-0.3, -0.25) is 0 Å². The lowest BCUT2D eigenvalue weighted by molar-refractivity contribution is 0.00304. The molecule has 0 saturated heterocycles. The van der Waals surface area contributed by atoms with E-state index in [1.54, 1.807) is 0 Å². The summed E-state index contributed by atoms with van der Waals surface area (Å²) in [6, 6.07) is 10.3. The third kappa shape index (κ3) is 26.5. The second kappa shape index (κ2) is 26.2. The van der Waals surface area contributed by atoms with Crippen molar-refractivity contribution in [2.75, 3.05) is 19.8 Å². The number of rotatable bonds is 4. The maximum Gasteiger partial charge on any atom is 0.231 e. The first-order valence-electron chi connectivity index (χ1n) is 6.84. The minimum atomic E-state index is -0.667. The first kappa shape index (κ1) is 30.2. The van der Waals surface area contributed by atoms with E-state index in [-0.39, 0.29) is 19.8 Å². The number of carbonyl (C=O) groups excluding carboxylic acids is 3. The third-order valence-electron chi connectivity index (χ3n) is 2.70. The molecule has 9 nitrogen and oxygen atoms in total. The quantitative estimate of drug-likeness (QED) is 0.346. The SMILES string of the molecule is CCC(CO)(CO)CO.Cc1ccccc1.N=C=O.N=C=O.N=C=O. The number of isocyanates is 3. The summed E-state index contributed by atoms with van der Waals surface area (Å²) in [5, 5.41) is 42.2. The molecular weight excluding hydrogens is 330 g/mol. The first-order valence-corrected chi connectivity index (χ1v) is 6.84. The van der Waals surface area contributed by atoms with E-state index in [0.717, 1.165) is 18.2 Å². The van der Waals surface area contributed by atoms with Crippen molar-refractivity contribution in [1.29, 1.82) is 16.2 Å². The van der Waals surface area contributed by atoms with Crippen LogP contribution < -0.4 is 0 Å². The number of benzene rings is 1. The Morgan fingerprint density at radius 2 is 1.12 bits per heavy atom. The van der Waals surface area contributed by atoms with Gasteiger partial charge >= 0.3 is 0 Å². The normalized spacial score (nSPS) is 7.72. The fourth-order valence-corrected chi connectivity index (χ4v) is 1.02. The van der Waals surface area contributed by atoms with Crippen LogP contribution in [0.5, 0.6) is 0 Å². The molecule has 6 N–H and O–H groups in total. The molecule has 140 valence electrons. The molecule has 0 aromatic heterocycles. The van der Waals surface area contributed by atoms with Crippen LogP contribution in [-0.2, 0) is 14.4 Å². The molecule has 0 aliphatic rings. The fraction of sp³-hybridized carbons (Fsp3) is 0.438. The van der Waals surface area contributed by atoms with Crippen LogP contribution in [0, 0.1) is 28.6 Å². The summed E-state index contributed by atoms with van der Waals surface area (Å²) in [6.45, 7) is 3.44. The van der Waals surface area contributed by atoms with E-state index in [9.17, 15) is 0 Å². The Kier molecular flexibility index (Phi) is 31.5. The van der Waals surface area contributed by atoms with Crippen LogP contribution >= 0.6 is 0 Å². The summed E-state index contributed by atoms with van der Waals surface area (Å²) in [5.74, 6) is 0. The standard InChI is InChI=1S/C7H8.C6H14O3.3CHNO/c1-7-5-3-2-4-6-7;1-2-6(3-7,4-8)5-9;3*2-1-3/h2-6H,1H3;7-9H,2-5H2,1H3;3*2H. The highest BCUT2D eigenvalue weighted by molar-refractivity contribution is 5.26. The zero-order valence-electron chi connectivity index (χ0n) is 14.3. The predicted octanol–water partition coefficient (Wildman–Crippen LogP) is 1.06. The van der Waals surface area contributed by atoms with Crippen LogP contribution in [0.4, 0.5) is 0 Å². The van der Waals surface area contributed by atoms with Gasteiger partial charge < -0.3 is 15.3 Å². The van der Waals surface area contributed by atoms with Gasteiger partial charge in [0.2, 0.25) is 18.2 Å². The maximum atomic E-state index is 8.66. The Balaban J connectivity index is -0.000000122. The molecule has 0 spiro atoms. The second-order valence-electron chi connectivity index (χ2n) is 4.29. The lowest BCUT2D eigenvalue weighted by atomic mass is 9.88. The van der Waals surface area contributed by atoms with Crippen molar-refractivity contribution >= 4 is 18.2 Å². The van der Waals surface area contributed by atoms with Gasteiger partial charge in [0.1, 0.15) is 0 Å². The molecule has 1 aromatic rings. The summed E-state index contributed by atoms with van der Waals surface area (Å²) in [7, 11) is 0. The molecule has 0 aliphatic heterocycles. The average molecular weight is 355 g/mol. The van der Waals surface area contributed by atoms with Gasteiger partial charge in [-0.05, 0) is 13.3 Å². The number of aryl methyl sites for hydroxylation is 1. The molecule has 9 heteroatoms. The summed E-state index contributed by atoms with van der Waals surface area (Å²) in [6.07, 6.45) is 2.84. The summed E-state index contributed by atoms with van der Waals surface area (Å²) < 4.78 is 0. The first-order chi connectivity index (χ1) is 11.9. The van der Waals surface area contributed by atoms with Gasteiger partial charge in [-0.2, -0.15) is 0 Å². The Morgan fingerprint density at radius 1 is 0.840 bits per heavy atom. The molecule has 0 unspecified atom stereocenters. The molecular formula is C16H25N3O6. The number of aliphatic hydroxyl groups excluding tert-OH is 3. The van der Waals surface area contributed by atoms with Crippen molar-refractivity contribution in [3.8, 4) is 0 Å². The zero-order valence-corrected chi connectivity index (χ0v) is 14.3. The highest BCUT2D eigenvalue weighted by atomic mass is 16.3. The summed E-state index contributed by atoms with van der Waals surface area (Å²) >= 11 is 0. The van der Waals surface area contributed by atoms with Crippen molar-refractivity contribution in [2.45, 2.75) is 20.3 Å². The highest BCUT2D eigenvalue weighted by Crippen LogP contribution is 2.18. The monoisotopic (exact) mass is 355 g/mol. The van der Waals surface area contributed by atoms with Crippen molar-refractivity contribution in [3.05, 3.63) is 35.9 Å². The van der Waals surface area contributed by atoms with Gasteiger partial charge in [0.25, 0.3) is 0 Å². The van der Waals surface area contributed by atoms with Gasteiger partial charge in [0, 0.05) is 5.41 Å². The lowest BCUT2D eigenvalue weighted by Crippen LogP contribution is -2.32. The van der Waals surface area contributed by atoms with Gasteiger partial charge in [-0.1, -0.05) is 42.8 Å². The van der Waals surface area contributed by atoms with Crippen molar-refractivity contribution in [2.24, 2.45) is 5.41 Å². The molecule has 0 saturated carbocycles. The zero-order chi connectivity index (χ0) is 20.6. The number of nitrogens with one attached hydrogen (secondary N) is 3. The fourth-order valence-electron chi connectivity index (χ4n) is 1.02. The van der Waals surface area contributed by atoms with Crippen LogP contribution in [0.1, 0.15) is 18.9 Å². The number of hydrogen-bond acceptors (Lipinski definition) is 9. The topological polar surface area (TPSA) is 183 Å². The van der Waals surface area contributed by atoms with E-state index >= 15 is 0 Å². The minimum Gasteiger partial charge on any atom is -0.396 e. The Bertz CT molecular complexity index is 440. The summed E-state index contributed by atoms with van der Waals surface area (Å²) in [5.41, 5.74) is 0.655. The smallest absolute Gasteiger partial charge is 0.231 e. The van der Waals surface area contributed by atoms with Gasteiger partial charge in [-0.25, -0.2) is 30.6 Å². The van der Waals surface area contributed by atoms with Crippen LogP contribution in [0.2, 0.25) is 0 Å². The van der Waals surface area contributed by atoms with Crippen LogP contribution in [-0.4, -0.2) is 53.4 Å². The molecule has 1 rings (SSSR count). The molecule has 0 radical (unpaired) electrons. The molecule has 0 aliphatic carbocycles. The number of aliphatic hydroxyl groups is 3. The Labute approximate surface area is 146 Å². The minimum absolute atomic E-state index is 0.156. The van der Waals surface area contributed by atoms with Crippen molar-refractivity contribution in [1.82, 2.24) is 0 Å². The molecule has 1 aromatic carbocycles. The van der Waals surface area contributed by atoms with Crippen molar-refractivity contribution in [3.63, 3.8) is 0 Å². The van der Waals surface area contributed by atoms with Crippen LogP contribution in [0.15, 0.2) is 30.3 Å². The Hall–Kier alpha value is -2.76. The molecule has 25 heavy (non-hydrogen) atoms. The average Bonchev–Trinajstić information content (AvgIpc) is 2.61.